The van der Waals surface area contributed by atoms with Crippen LogP contribution in [0.2, 0.25) is 0 Å². The molecule has 6 nitrogen and oxygen atoms in total. The van der Waals surface area contributed by atoms with Gasteiger partial charge in [-0.3, -0.25) is 9.52 Å². The average molecular weight is 437 g/mol. The zero-order chi connectivity index (χ0) is 21.7. The molecular weight excluding hydrogens is 412 g/mol. The van der Waals surface area contributed by atoms with Crippen molar-refractivity contribution < 1.29 is 17.9 Å². The molecule has 7 heteroatoms. The summed E-state index contributed by atoms with van der Waals surface area (Å²) in [6.07, 6.45) is 4.84. The monoisotopic (exact) mass is 436 g/mol. The lowest BCUT2D eigenvalue weighted by Gasteiger charge is -2.13. The summed E-state index contributed by atoms with van der Waals surface area (Å²) >= 11 is 0. The van der Waals surface area contributed by atoms with Crippen LogP contribution in [0.1, 0.15) is 36.0 Å². The number of hydrogen-bond acceptors (Lipinski definition) is 4. The van der Waals surface area contributed by atoms with Gasteiger partial charge in [-0.05, 0) is 80.3 Å². The van der Waals surface area contributed by atoms with Crippen molar-refractivity contribution in [2.45, 2.75) is 36.7 Å². The molecule has 3 aromatic carbocycles. The Morgan fingerprint density at radius 2 is 1.55 bits per heavy atom. The first-order chi connectivity index (χ1) is 15.0. The van der Waals surface area contributed by atoms with Gasteiger partial charge in [0.25, 0.3) is 15.9 Å². The minimum absolute atomic E-state index is 0.0179. The first-order valence-corrected chi connectivity index (χ1v) is 11.7. The summed E-state index contributed by atoms with van der Waals surface area (Å²) in [6, 6.07) is 21.8. The van der Waals surface area contributed by atoms with Gasteiger partial charge in [0.1, 0.15) is 5.75 Å². The van der Waals surface area contributed by atoms with Crippen molar-refractivity contribution in [2.75, 3.05) is 10.0 Å². The number of rotatable bonds is 7. The van der Waals surface area contributed by atoms with E-state index in [4.69, 9.17) is 4.74 Å². The molecule has 1 aliphatic carbocycles. The Hall–Kier alpha value is -3.32. The zero-order valence-corrected chi connectivity index (χ0v) is 17.8. The summed E-state index contributed by atoms with van der Waals surface area (Å²) in [5, 5.41) is 2.80. The molecule has 1 fully saturated rings. The number of nitrogens with one attached hydrogen (secondary N) is 2. The number of para-hydroxylation sites is 1. The van der Waals surface area contributed by atoms with E-state index >= 15 is 0 Å². The highest BCUT2D eigenvalue weighted by molar-refractivity contribution is 7.92. The van der Waals surface area contributed by atoms with E-state index in [0.717, 1.165) is 18.6 Å². The largest absolute Gasteiger partial charge is 0.490 e. The molecule has 0 aromatic heterocycles. The maximum atomic E-state index is 12.7. The van der Waals surface area contributed by atoms with Crippen LogP contribution in [0.15, 0.2) is 83.8 Å². The molecule has 4 rings (SSSR count). The summed E-state index contributed by atoms with van der Waals surface area (Å²) in [5.41, 5.74) is 1.32. The fourth-order valence-electron chi connectivity index (χ4n) is 3.54. The molecule has 31 heavy (non-hydrogen) atoms. The quantitative estimate of drug-likeness (QED) is 0.542. The summed E-state index contributed by atoms with van der Waals surface area (Å²) in [4.78, 5) is 12.7. The molecule has 1 saturated carbocycles. The Labute approximate surface area is 182 Å². The van der Waals surface area contributed by atoms with Crippen molar-refractivity contribution in [1.29, 1.82) is 0 Å². The van der Waals surface area contributed by atoms with Crippen molar-refractivity contribution in [3.8, 4) is 5.75 Å². The zero-order valence-electron chi connectivity index (χ0n) is 17.0. The van der Waals surface area contributed by atoms with Gasteiger partial charge in [0.05, 0.1) is 11.0 Å². The Kier molecular flexibility index (Phi) is 6.23. The molecule has 0 radical (unpaired) electrons. The second-order valence-electron chi connectivity index (χ2n) is 7.50. The third-order valence-electron chi connectivity index (χ3n) is 5.15. The highest BCUT2D eigenvalue weighted by atomic mass is 32.2. The number of benzene rings is 3. The summed E-state index contributed by atoms with van der Waals surface area (Å²) in [6.45, 7) is 0. The Balaban J connectivity index is 1.43. The van der Waals surface area contributed by atoms with Crippen LogP contribution in [0.5, 0.6) is 5.75 Å². The van der Waals surface area contributed by atoms with Crippen LogP contribution >= 0.6 is 0 Å². The van der Waals surface area contributed by atoms with Gasteiger partial charge in [-0.15, -0.1) is 0 Å². The van der Waals surface area contributed by atoms with Crippen molar-refractivity contribution in [1.82, 2.24) is 0 Å². The maximum Gasteiger partial charge on any atom is 0.261 e. The molecule has 160 valence electrons. The van der Waals surface area contributed by atoms with E-state index in [2.05, 4.69) is 10.0 Å². The Morgan fingerprint density at radius 1 is 0.839 bits per heavy atom. The fraction of sp³-hybridized carbons (Fsp3) is 0.208. The van der Waals surface area contributed by atoms with Gasteiger partial charge in [-0.1, -0.05) is 24.3 Å². The maximum absolute atomic E-state index is 12.7. The number of ether oxygens (including phenoxy) is 1. The highest BCUT2D eigenvalue weighted by Crippen LogP contribution is 2.25. The van der Waals surface area contributed by atoms with Crippen molar-refractivity contribution in [3.05, 3.63) is 84.4 Å². The van der Waals surface area contributed by atoms with Crippen LogP contribution in [-0.4, -0.2) is 20.4 Å². The van der Waals surface area contributed by atoms with Crippen LogP contribution in [0, 0.1) is 0 Å². The van der Waals surface area contributed by atoms with Gasteiger partial charge in [0, 0.05) is 16.9 Å². The normalized spacial score (nSPS) is 14.2. The van der Waals surface area contributed by atoms with Gasteiger partial charge in [-0.2, -0.15) is 0 Å². The predicted molar refractivity (Wildman–Crippen MR) is 121 cm³/mol. The van der Waals surface area contributed by atoms with E-state index in [1.54, 1.807) is 54.6 Å². The van der Waals surface area contributed by atoms with Crippen LogP contribution in [-0.2, 0) is 10.0 Å². The smallest absolute Gasteiger partial charge is 0.261 e. The molecular formula is C24H24N2O4S. The van der Waals surface area contributed by atoms with Crippen LogP contribution in [0.3, 0.4) is 0 Å². The third-order valence-corrected chi connectivity index (χ3v) is 6.53. The van der Waals surface area contributed by atoms with E-state index in [0.29, 0.717) is 11.4 Å². The molecule has 1 amide bonds. The molecule has 0 bridgehead atoms. The molecule has 0 saturated heterocycles. The molecule has 0 aliphatic heterocycles. The third kappa shape index (κ3) is 5.44. The molecule has 0 unspecified atom stereocenters. The Bertz CT molecular complexity index is 1140. The number of amides is 1. The lowest BCUT2D eigenvalue weighted by atomic mass is 10.2. The van der Waals surface area contributed by atoms with Crippen LogP contribution < -0.4 is 14.8 Å². The van der Waals surface area contributed by atoms with Crippen molar-refractivity contribution >= 4 is 27.3 Å². The topological polar surface area (TPSA) is 84.5 Å². The standard InChI is InChI=1S/C24H24N2O4S/c27-24(25-19-13-15-22(16-14-19)30-21-10-4-5-11-21)18-7-6-12-23(17-18)31(28,29)26-20-8-2-1-3-9-20/h1-3,6-9,12-17,21,26H,4-5,10-11H2,(H,25,27). The van der Waals surface area contributed by atoms with Gasteiger partial charge >= 0.3 is 0 Å². The first kappa shape index (κ1) is 20.9. The number of carbonyl (C=O) groups excluding carboxylic acids is 1. The highest BCUT2D eigenvalue weighted by Gasteiger charge is 2.18. The molecule has 3 aromatic rings. The summed E-state index contributed by atoms with van der Waals surface area (Å²) in [7, 11) is -3.81. The van der Waals surface area contributed by atoms with Crippen LogP contribution in [0.4, 0.5) is 11.4 Å². The van der Waals surface area contributed by atoms with Gasteiger partial charge < -0.3 is 10.1 Å². The number of anilines is 2. The van der Waals surface area contributed by atoms with Gasteiger partial charge in [0.15, 0.2) is 0 Å². The fourth-order valence-corrected chi connectivity index (χ4v) is 4.65. The average Bonchev–Trinajstić information content (AvgIpc) is 3.29. The molecule has 1 aliphatic rings. The van der Waals surface area contributed by atoms with Crippen molar-refractivity contribution in [3.63, 3.8) is 0 Å². The number of hydrogen-bond donors (Lipinski definition) is 2. The van der Waals surface area contributed by atoms with Gasteiger partial charge in [0.2, 0.25) is 0 Å². The van der Waals surface area contributed by atoms with E-state index < -0.39 is 10.0 Å². The second-order valence-corrected chi connectivity index (χ2v) is 9.18. The van der Waals surface area contributed by atoms with Gasteiger partial charge in [-0.25, -0.2) is 8.42 Å². The number of carbonyl (C=O) groups is 1. The molecule has 0 spiro atoms. The SMILES string of the molecule is O=C(Nc1ccc(OC2CCCC2)cc1)c1cccc(S(=O)(=O)Nc2ccccc2)c1. The molecule has 2 N–H and O–H groups in total. The second kappa shape index (κ2) is 9.22. The summed E-state index contributed by atoms with van der Waals surface area (Å²) in [5.74, 6) is 0.395. The lowest BCUT2D eigenvalue weighted by Crippen LogP contribution is -2.16. The van der Waals surface area contributed by atoms with E-state index in [1.807, 2.05) is 12.1 Å². The number of sulfonamides is 1. The molecule has 0 heterocycles. The lowest BCUT2D eigenvalue weighted by molar-refractivity contribution is 0.102. The van der Waals surface area contributed by atoms with Crippen molar-refractivity contribution in [2.24, 2.45) is 0 Å². The minimum atomic E-state index is -3.81. The van der Waals surface area contributed by atoms with Crippen LogP contribution in [0.25, 0.3) is 0 Å². The summed E-state index contributed by atoms with van der Waals surface area (Å²) < 4.78 is 33.8. The minimum Gasteiger partial charge on any atom is -0.490 e. The van der Waals surface area contributed by atoms with E-state index in [-0.39, 0.29) is 22.5 Å². The van der Waals surface area contributed by atoms with E-state index in [1.165, 1.54) is 25.0 Å². The Morgan fingerprint density at radius 3 is 2.26 bits per heavy atom. The van der Waals surface area contributed by atoms with E-state index in [9.17, 15) is 13.2 Å². The predicted octanol–water partition coefficient (Wildman–Crippen LogP) is 5.06. The first-order valence-electron chi connectivity index (χ1n) is 10.3. The molecule has 0 atom stereocenters.